The van der Waals surface area contributed by atoms with Gasteiger partial charge in [0.1, 0.15) is 6.10 Å². The van der Waals surface area contributed by atoms with E-state index in [0.717, 1.165) is 32.1 Å². The molecular weight excluding hydrogens is 460 g/mol. The number of carbonyl (C=O) groups is 3. The highest BCUT2D eigenvalue weighted by molar-refractivity contribution is 5.91. The molecule has 1 saturated heterocycles. The summed E-state index contributed by atoms with van der Waals surface area (Å²) in [5.41, 5.74) is 1.65. The number of hydrogen-bond acceptors (Lipinski definition) is 7. The summed E-state index contributed by atoms with van der Waals surface area (Å²) in [6, 6.07) is 0. The highest BCUT2D eigenvalue weighted by Gasteiger charge is 2.60. The molecule has 1 aliphatic heterocycles. The Kier molecular flexibility index (Phi) is 6.86. The first-order valence-corrected chi connectivity index (χ1v) is 13.9. The second-order valence-electron chi connectivity index (χ2n) is 12.4. The van der Waals surface area contributed by atoms with E-state index in [4.69, 9.17) is 18.9 Å². The molecule has 5 rings (SSSR count). The van der Waals surface area contributed by atoms with Crippen molar-refractivity contribution >= 4 is 17.7 Å². The van der Waals surface area contributed by atoms with Gasteiger partial charge in [-0.05, 0) is 86.5 Å². The van der Waals surface area contributed by atoms with Crippen LogP contribution in [0.25, 0.3) is 0 Å². The summed E-state index contributed by atoms with van der Waals surface area (Å²) in [5, 5.41) is 0. The fraction of sp³-hybridized carbons (Fsp3) is 0.828. The Morgan fingerprint density at radius 1 is 0.972 bits per heavy atom. The molecule has 200 valence electrons. The lowest BCUT2D eigenvalue weighted by Gasteiger charge is -2.58. The van der Waals surface area contributed by atoms with Crippen LogP contribution in [0.3, 0.4) is 0 Å². The molecule has 0 unspecified atom stereocenters. The zero-order valence-corrected chi connectivity index (χ0v) is 22.4. The van der Waals surface area contributed by atoms with E-state index in [0.29, 0.717) is 36.4 Å². The summed E-state index contributed by atoms with van der Waals surface area (Å²) in [7, 11) is 0. The maximum atomic E-state index is 12.1. The van der Waals surface area contributed by atoms with Crippen molar-refractivity contribution in [2.75, 3.05) is 0 Å². The van der Waals surface area contributed by atoms with Gasteiger partial charge in [0.05, 0.1) is 12.2 Å². The molecule has 1 heterocycles. The molecule has 4 aliphatic carbocycles. The van der Waals surface area contributed by atoms with Gasteiger partial charge in [0, 0.05) is 26.7 Å². The van der Waals surface area contributed by atoms with Crippen LogP contribution in [0, 0.1) is 28.6 Å². The van der Waals surface area contributed by atoms with E-state index in [1.165, 1.54) is 32.3 Å². The Bertz CT molecular complexity index is 942. The van der Waals surface area contributed by atoms with E-state index in [1.54, 1.807) is 0 Å². The molecule has 0 amide bonds. The fourth-order valence-corrected chi connectivity index (χ4v) is 8.70. The van der Waals surface area contributed by atoms with Crippen molar-refractivity contribution in [3.63, 3.8) is 0 Å². The van der Waals surface area contributed by atoms with Gasteiger partial charge >= 0.3 is 11.9 Å². The number of carbonyl (C=O) groups excluding carboxylic acids is 3. The van der Waals surface area contributed by atoms with Crippen LogP contribution in [0.5, 0.6) is 0 Å². The smallest absolute Gasteiger partial charge is 0.303 e. The van der Waals surface area contributed by atoms with Gasteiger partial charge < -0.3 is 18.9 Å². The average molecular weight is 503 g/mol. The van der Waals surface area contributed by atoms with Crippen LogP contribution < -0.4 is 0 Å². The van der Waals surface area contributed by atoms with E-state index in [2.05, 4.69) is 13.8 Å². The van der Waals surface area contributed by atoms with Crippen LogP contribution in [-0.4, -0.2) is 48.4 Å². The normalized spacial score (nSPS) is 46.1. The lowest BCUT2D eigenvalue weighted by Crippen LogP contribution is -2.54. The molecule has 36 heavy (non-hydrogen) atoms. The van der Waals surface area contributed by atoms with Crippen LogP contribution in [0.1, 0.15) is 92.4 Å². The third-order valence-electron chi connectivity index (χ3n) is 10.4. The van der Waals surface area contributed by atoms with Gasteiger partial charge in [-0.1, -0.05) is 19.4 Å². The predicted molar refractivity (Wildman–Crippen MR) is 132 cm³/mol. The lowest BCUT2D eigenvalue weighted by molar-refractivity contribution is -0.277. The highest BCUT2D eigenvalue weighted by Crippen LogP contribution is 2.65. The second kappa shape index (κ2) is 9.54. The standard InChI is InChI=1S/C29H42O7/c1-16-27(35-18(3)31)24(34-17(2)30)15-26(33-16)36-25-9-8-22-21-7-6-19-14-20(32)10-12-28(19,4)23(21)11-13-29(22,25)5/h14,16,21-27H,6-13,15H2,1-5H3/t16-,21+,22+,23+,24-,25+,26-,27+,28+,29+/m1/s1. The Morgan fingerprint density at radius 2 is 1.72 bits per heavy atom. The van der Waals surface area contributed by atoms with Crippen molar-refractivity contribution < 1.29 is 33.3 Å². The van der Waals surface area contributed by atoms with E-state index in [9.17, 15) is 14.4 Å². The zero-order chi connectivity index (χ0) is 25.8. The number of allylic oxidation sites excluding steroid dienone is 1. The zero-order valence-electron chi connectivity index (χ0n) is 22.4. The topological polar surface area (TPSA) is 88.1 Å². The van der Waals surface area contributed by atoms with Crippen LogP contribution in [0.15, 0.2) is 11.6 Å². The van der Waals surface area contributed by atoms with Gasteiger partial charge in [0.2, 0.25) is 0 Å². The van der Waals surface area contributed by atoms with Crippen molar-refractivity contribution in [3.8, 4) is 0 Å². The van der Waals surface area contributed by atoms with Gasteiger partial charge in [-0.15, -0.1) is 0 Å². The van der Waals surface area contributed by atoms with Crippen molar-refractivity contribution in [2.24, 2.45) is 28.6 Å². The molecule has 0 spiro atoms. The molecule has 0 aromatic carbocycles. The Labute approximate surface area is 214 Å². The first-order valence-electron chi connectivity index (χ1n) is 13.9. The van der Waals surface area contributed by atoms with E-state index < -0.39 is 36.5 Å². The van der Waals surface area contributed by atoms with Crippen molar-refractivity contribution in [3.05, 3.63) is 11.6 Å². The number of fused-ring (bicyclic) bond motifs is 5. The number of hydrogen-bond donors (Lipinski definition) is 0. The third kappa shape index (κ3) is 4.44. The maximum Gasteiger partial charge on any atom is 0.303 e. The minimum absolute atomic E-state index is 0.0828. The lowest BCUT2D eigenvalue weighted by atomic mass is 9.47. The number of esters is 2. The second-order valence-corrected chi connectivity index (χ2v) is 12.4. The number of rotatable bonds is 4. The molecular formula is C29H42O7. The SMILES string of the molecule is CC(=O)O[C@H]1[C@@H](C)O[C@H](O[C@H]2CC[C@H]3[C@@H]4CCC5=CC(=O)CC[C@]5(C)[C@H]4CC[C@]23C)C[C@H]1OC(C)=O. The Hall–Kier alpha value is -1.73. The van der Waals surface area contributed by atoms with Crippen molar-refractivity contribution in [1.82, 2.24) is 0 Å². The summed E-state index contributed by atoms with van der Waals surface area (Å²) >= 11 is 0. The largest absolute Gasteiger partial charge is 0.458 e. The van der Waals surface area contributed by atoms with E-state index >= 15 is 0 Å². The quantitative estimate of drug-likeness (QED) is 0.505. The molecule has 0 radical (unpaired) electrons. The van der Waals surface area contributed by atoms with Gasteiger partial charge in [-0.2, -0.15) is 0 Å². The van der Waals surface area contributed by atoms with E-state index in [1.807, 2.05) is 13.0 Å². The molecule has 4 fully saturated rings. The monoisotopic (exact) mass is 502 g/mol. The highest BCUT2D eigenvalue weighted by atomic mass is 16.7. The predicted octanol–water partition coefficient (Wildman–Crippen LogP) is 4.90. The third-order valence-corrected chi connectivity index (χ3v) is 10.4. The van der Waals surface area contributed by atoms with E-state index in [-0.39, 0.29) is 16.9 Å². The van der Waals surface area contributed by atoms with Crippen LogP contribution in [0.2, 0.25) is 0 Å². The number of ether oxygens (including phenoxy) is 4. The first kappa shape index (κ1) is 25.9. The molecule has 7 heteroatoms. The Morgan fingerprint density at radius 3 is 2.44 bits per heavy atom. The molecule has 0 N–H and O–H groups in total. The van der Waals surface area contributed by atoms with Crippen molar-refractivity contribution in [1.29, 1.82) is 0 Å². The molecule has 5 aliphatic rings. The molecule has 7 nitrogen and oxygen atoms in total. The van der Waals surface area contributed by atoms with Gasteiger partial charge in [-0.25, -0.2) is 0 Å². The minimum Gasteiger partial charge on any atom is -0.458 e. The van der Waals surface area contributed by atoms with Crippen molar-refractivity contribution in [2.45, 2.75) is 123 Å². The molecule has 0 bridgehead atoms. The summed E-state index contributed by atoms with van der Waals surface area (Å²) in [5.74, 6) is 1.40. The molecule has 0 aromatic heterocycles. The molecule has 0 aromatic rings. The summed E-state index contributed by atoms with van der Waals surface area (Å²) in [6.07, 6.45) is 8.59. The summed E-state index contributed by atoms with van der Waals surface area (Å²) < 4.78 is 23.8. The van der Waals surface area contributed by atoms with Crippen LogP contribution >= 0.6 is 0 Å². The van der Waals surface area contributed by atoms with Gasteiger partial charge in [0.25, 0.3) is 0 Å². The minimum atomic E-state index is -0.638. The fourth-order valence-electron chi connectivity index (χ4n) is 8.70. The first-order chi connectivity index (χ1) is 17.0. The Balaban J connectivity index is 1.29. The van der Waals surface area contributed by atoms with Gasteiger partial charge in [0.15, 0.2) is 18.2 Å². The summed E-state index contributed by atoms with van der Waals surface area (Å²) in [4.78, 5) is 35.5. The molecule has 10 atom stereocenters. The summed E-state index contributed by atoms with van der Waals surface area (Å²) in [6.45, 7) is 9.38. The maximum absolute atomic E-state index is 12.1. The van der Waals surface area contributed by atoms with Crippen LogP contribution in [0.4, 0.5) is 0 Å². The molecule has 3 saturated carbocycles. The average Bonchev–Trinajstić information content (AvgIpc) is 3.12. The number of ketones is 1. The van der Waals surface area contributed by atoms with Gasteiger partial charge in [-0.3, -0.25) is 14.4 Å². The van der Waals surface area contributed by atoms with Crippen LogP contribution in [-0.2, 0) is 33.3 Å².